The molecule has 2 unspecified atom stereocenters. The zero-order valence-corrected chi connectivity index (χ0v) is 15.0. The molecule has 1 spiro atoms. The van der Waals surface area contributed by atoms with Gasteiger partial charge in [0.15, 0.2) is 6.04 Å². The molecule has 0 bridgehead atoms. The first kappa shape index (κ1) is 17.9. The number of carboxylic acids is 1. The third-order valence-electron chi connectivity index (χ3n) is 5.81. The maximum Gasteiger partial charge on any atom is 0.329 e. The number of ether oxygens (including phenoxy) is 1. The molecule has 1 saturated carbocycles. The summed E-state index contributed by atoms with van der Waals surface area (Å²) in [6, 6.07) is 8.73. The molecule has 1 amide bonds. The van der Waals surface area contributed by atoms with Crippen molar-refractivity contribution >= 4 is 11.9 Å². The molecule has 1 saturated heterocycles. The molecule has 1 N–H and O–H groups in total. The van der Waals surface area contributed by atoms with Crippen molar-refractivity contribution in [2.75, 3.05) is 6.54 Å². The number of carbonyl (C=O) groups excluding carboxylic acids is 1. The number of benzene rings is 1. The van der Waals surface area contributed by atoms with Gasteiger partial charge in [0.1, 0.15) is 0 Å². The number of carbonyl (C=O) groups is 2. The fourth-order valence-corrected chi connectivity index (χ4v) is 4.07. The van der Waals surface area contributed by atoms with Gasteiger partial charge in [-0.2, -0.15) is 0 Å². The standard InChI is InChI=1S/C20H27NO4/c1-14-8-10-20(11-9-14)13-21(19(20)24)17(18(22)23)15(2)25-12-16-6-4-3-5-7-16/h3-7,14-15,17H,8-13H2,1-2H3,(H,22,23). The minimum atomic E-state index is -0.993. The van der Waals surface area contributed by atoms with E-state index in [0.29, 0.717) is 19.1 Å². The summed E-state index contributed by atoms with van der Waals surface area (Å²) in [6.07, 6.45) is 3.32. The van der Waals surface area contributed by atoms with Crippen molar-refractivity contribution in [1.29, 1.82) is 0 Å². The Labute approximate surface area is 149 Å². The van der Waals surface area contributed by atoms with Crippen molar-refractivity contribution in [3.05, 3.63) is 35.9 Å². The number of hydrogen-bond acceptors (Lipinski definition) is 3. The van der Waals surface area contributed by atoms with E-state index in [9.17, 15) is 14.7 Å². The van der Waals surface area contributed by atoms with Crippen LogP contribution >= 0.6 is 0 Å². The van der Waals surface area contributed by atoms with E-state index in [1.54, 1.807) is 6.92 Å². The fourth-order valence-electron chi connectivity index (χ4n) is 4.07. The smallest absolute Gasteiger partial charge is 0.329 e. The number of β-lactam (4-membered cyclic amide) rings is 1. The van der Waals surface area contributed by atoms with Crippen LogP contribution < -0.4 is 0 Å². The lowest BCUT2D eigenvalue weighted by Crippen LogP contribution is -2.68. The molecule has 25 heavy (non-hydrogen) atoms. The Morgan fingerprint density at radius 2 is 1.96 bits per heavy atom. The van der Waals surface area contributed by atoms with Crippen LogP contribution in [0.4, 0.5) is 0 Å². The first-order chi connectivity index (χ1) is 11.9. The fraction of sp³-hybridized carbons (Fsp3) is 0.600. The van der Waals surface area contributed by atoms with E-state index in [-0.39, 0.29) is 11.3 Å². The van der Waals surface area contributed by atoms with Crippen molar-refractivity contribution in [3.63, 3.8) is 0 Å². The molecule has 0 radical (unpaired) electrons. The molecule has 2 atom stereocenters. The Hall–Kier alpha value is -1.88. The molecule has 5 nitrogen and oxygen atoms in total. The van der Waals surface area contributed by atoms with Gasteiger partial charge >= 0.3 is 5.97 Å². The van der Waals surface area contributed by atoms with Gasteiger partial charge in [0.05, 0.1) is 18.1 Å². The molecule has 136 valence electrons. The van der Waals surface area contributed by atoms with Gasteiger partial charge in [-0.15, -0.1) is 0 Å². The van der Waals surface area contributed by atoms with Crippen LogP contribution in [0.1, 0.15) is 45.1 Å². The highest BCUT2D eigenvalue weighted by atomic mass is 16.5. The van der Waals surface area contributed by atoms with Crippen LogP contribution in [0.15, 0.2) is 30.3 Å². The Balaban J connectivity index is 1.62. The molecule has 2 fully saturated rings. The zero-order valence-electron chi connectivity index (χ0n) is 15.0. The SMILES string of the molecule is CC1CCC2(CC1)CN(C(C(=O)O)C(C)OCc1ccccc1)C2=O. The topological polar surface area (TPSA) is 66.8 Å². The molecule has 3 rings (SSSR count). The number of aliphatic carboxylic acids is 1. The van der Waals surface area contributed by atoms with Gasteiger partial charge in [0.25, 0.3) is 0 Å². The quantitative estimate of drug-likeness (QED) is 0.805. The van der Waals surface area contributed by atoms with Crippen LogP contribution in [0.5, 0.6) is 0 Å². The Morgan fingerprint density at radius 3 is 2.52 bits per heavy atom. The second kappa shape index (κ2) is 7.16. The number of likely N-dealkylation sites (tertiary alicyclic amines) is 1. The summed E-state index contributed by atoms with van der Waals surface area (Å²) in [7, 11) is 0. The molecule has 1 aromatic rings. The predicted octanol–water partition coefficient (Wildman–Crippen LogP) is 3.08. The second-order valence-corrected chi connectivity index (χ2v) is 7.68. The lowest BCUT2D eigenvalue weighted by Gasteiger charge is -2.54. The highest BCUT2D eigenvalue weighted by Gasteiger charge is 2.56. The lowest BCUT2D eigenvalue weighted by molar-refractivity contribution is -0.183. The highest BCUT2D eigenvalue weighted by Crippen LogP contribution is 2.47. The number of rotatable bonds is 6. The summed E-state index contributed by atoms with van der Waals surface area (Å²) < 4.78 is 5.77. The molecule has 1 aromatic carbocycles. The molecule has 1 aliphatic heterocycles. The van der Waals surface area contributed by atoms with E-state index in [0.717, 1.165) is 31.2 Å². The predicted molar refractivity (Wildman–Crippen MR) is 93.9 cm³/mol. The molecular weight excluding hydrogens is 318 g/mol. The maximum atomic E-state index is 12.8. The molecule has 0 aromatic heterocycles. The minimum Gasteiger partial charge on any atom is -0.480 e. The van der Waals surface area contributed by atoms with Crippen molar-refractivity contribution in [3.8, 4) is 0 Å². The lowest BCUT2D eigenvalue weighted by atomic mass is 9.65. The van der Waals surface area contributed by atoms with Gasteiger partial charge in [-0.1, -0.05) is 37.3 Å². The van der Waals surface area contributed by atoms with Gasteiger partial charge in [-0.25, -0.2) is 4.79 Å². The maximum absolute atomic E-state index is 12.8. The number of amides is 1. The van der Waals surface area contributed by atoms with Gasteiger partial charge in [0.2, 0.25) is 5.91 Å². The molecule has 5 heteroatoms. The summed E-state index contributed by atoms with van der Waals surface area (Å²) >= 11 is 0. The van der Waals surface area contributed by atoms with Crippen LogP contribution in [0.25, 0.3) is 0 Å². The van der Waals surface area contributed by atoms with Crippen LogP contribution in [0.2, 0.25) is 0 Å². The van der Waals surface area contributed by atoms with E-state index >= 15 is 0 Å². The van der Waals surface area contributed by atoms with Gasteiger partial charge < -0.3 is 14.7 Å². The molecular formula is C20H27NO4. The number of carboxylic acid groups (broad SMARTS) is 1. The number of hydrogen-bond donors (Lipinski definition) is 1. The molecule has 1 heterocycles. The van der Waals surface area contributed by atoms with E-state index in [4.69, 9.17) is 4.74 Å². The number of nitrogens with zero attached hydrogens (tertiary/aromatic N) is 1. The third kappa shape index (κ3) is 3.56. The summed E-state index contributed by atoms with van der Waals surface area (Å²) in [6.45, 7) is 4.85. The van der Waals surface area contributed by atoms with Crippen molar-refractivity contribution in [2.45, 2.75) is 58.3 Å². The van der Waals surface area contributed by atoms with Crippen molar-refractivity contribution < 1.29 is 19.4 Å². The first-order valence-corrected chi connectivity index (χ1v) is 9.12. The van der Waals surface area contributed by atoms with Crippen LogP contribution in [0.3, 0.4) is 0 Å². The van der Waals surface area contributed by atoms with Crippen molar-refractivity contribution in [2.24, 2.45) is 11.3 Å². The van der Waals surface area contributed by atoms with Crippen LogP contribution in [-0.4, -0.2) is 40.6 Å². The highest BCUT2D eigenvalue weighted by molar-refractivity contribution is 5.93. The van der Waals surface area contributed by atoms with E-state index in [1.165, 1.54) is 4.90 Å². The third-order valence-corrected chi connectivity index (χ3v) is 5.81. The average Bonchev–Trinajstić information content (AvgIpc) is 2.61. The van der Waals surface area contributed by atoms with E-state index in [1.807, 2.05) is 30.3 Å². The summed E-state index contributed by atoms with van der Waals surface area (Å²) in [4.78, 5) is 26.1. The van der Waals surface area contributed by atoms with E-state index in [2.05, 4.69) is 6.92 Å². The van der Waals surface area contributed by atoms with Crippen molar-refractivity contribution in [1.82, 2.24) is 4.90 Å². The Bertz CT molecular complexity index is 622. The summed E-state index contributed by atoms with van der Waals surface area (Å²) in [5, 5.41) is 9.65. The van der Waals surface area contributed by atoms with Gasteiger partial charge in [-0.05, 0) is 44.1 Å². The first-order valence-electron chi connectivity index (χ1n) is 9.12. The minimum absolute atomic E-state index is 0.00182. The summed E-state index contributed by atoms with van der Waals surface area (Å²) in [5.41, 5.74) is 0.686. The Morgan fingerprint density at radius 1 is 1.32 bits per heavy atom. The van der Waals surface area contributed by atoms with E-state index < -0.39 is 18.1 Å². The normalized spacial score (nSPS) is 28.5. The summed E-state index contributed by atoms with van der Waals surface area (Å²) in [5.74, 6) is -0.328. The largest absolute Gasteiger partial charge is 0.480 e. The molecule has 1 aliphatic carbocycles. The monoisotopic (exact) mass is 345 g/mol. The molecule has 2 aliphatic rings. The second-order valence-electron chi connectivity index (χ2n) is 7.68. The average molecular weight is 345 g/mol. The van der Waals surface area contributed by atoms with Crippen LogP contribution in [0, 0.1) is 11.3 Å². The zero-order chi connectivity index (χ0) is 18.0. The van der Waals surface area contributed by atoms with Gasteiger partial charge in [-0.3, -0.25) is 4.79 Å². The Kier molecular flexibility index (Phi) is 5.13. The van der Waals surface area contributed by atoms with Crippen LogP contribution in [-0.2, 0) is 20.9 Å². The van der Waals surface area contributed by atoms with Gasteiger partial charge in [0, 0.05) is 6.54 Å².